The number of anilines is 1. The zero-order valence-electron chi connectivity index (χ0n) is 22.3. The first-order valence-electron chi connectivity index (χ1n) is 13.4. The van der Waals surface area contributed by atoms with Crippen molar-refractivity contribution in [2.75, 3.05) is 50.8 Å². The van der Waals surface area contributed by atoms with Crippen LogP contribution in [0.5, 0.6) is 5.75 Å². The van der Waals surface area contributed by atoms with Crippen LogP contribution >= 0.6 is 0 Å². The first-order chi connectivity index (χ1) is 18.4. The van der Waals surface area contributed by atoms with Crippen LogP contribution in [0.2, 0.25) is 0 Å². The van der Waals surface area contributed by atoms with Gasteiger partial charge in [-0.25, -0.2) is 4.79 Å². The molecule has 4 rings (SSSR count). The Morgan fingerprint density at radius 1 is 1.03 bits per heavy atom. The van der Waals surface area contributed by atoms with E-state index in [-0.39, 0.29) is 11.8 Å². The maximum absolute atomic E-state index is 13.9. The molecule has 2 aliphatic heterocycles. The van der Waals surface area contributed by atoms with Crippen LogP contribution in [0.25, 0.3) is 0 Å². The van der Waals surface area contributed by atoms with Crippen LogP contribution in [-0.2, 0) is 16.0 Å². The highest BCUT2D eigenvalue weighted by atomic mass is 16.5. The Bertz CT molecular complexity index is 1100. The number of para-hydroxylation sites is 1. The van der Waals surface area contributed by atoms with Crippen LogP contribution < -0.4 is 15.4 Å². The number of ether oxygens (including phenoxy) is 1. The predicted molar refractivity (Wildman–Crippen MR) is 146 cm³/mol. The Morgan fingerprint density at radius 2 is 1.68 bits per heavy atom. The Labute approximate surface area is 225 Å². The van der Waals surface area contributed by atoms with Crippen LogP contribution in [0, 0.1) is 6.42 Å². The Balaban J connectivity index is 1.39. The number of likely N-dealkylation sites (N-methyl/N-ethyl adjacent to an activating group) is 1. The van der Waals surface area contributed by atoms with Gasteiger partial charge in [-0.2, -0.15) is 0 Å². The number of carbonyl (C=O) groups is 3. The molecule has 9 nitrogen and oxygen atoms in total. The van der Waals surface area contributed by atoms with E-state index in [1.807, 2.05) is 28.0 Å². The van der Waals surface area contributed by atoms with Crippen molar-refractivity contribution >= 4 is 23.6 Å². The fourth-order valence-electron chi connectivity index (χ4n) is 5.42. The molecule has 0 saturated carbocycles. The average molecular weight is 521 g/mol. The van der Waals surface area contributed by atoms with Gasteiger partial charge in [0.1, 0.15) is 11.3 Å². The number of nitrogens with two attached hydrogens (primary N) is 1. The number of benzene rings is 2. The Hall–Kier alpha value is -3.59. The van der Waals surface area contributed by atoms with Crippen molar-refractivity contribution < 1.29 is 19.1 Å². The zero-order chi connectivity index (χ0) is 27.1. The molecule has 2 N–H and O–H groups in total. The van der Waals surface area contributed by atoms with Crippen molar-refractivity contribution in [1.29, 1.82) is 0 Å². The third-order valence-electron chi connectivity index (χ3n) is 7.72. The molecule has 3 amide bonds. The lowest BCUT2D eigenvalue weighted by atomic mass is 9.85. The van der Waals surface area contributed by atoms with E-state index in [9.17, 15) is 14.4 Å². The van der Waals surface area contributed by atoms with Crippen molar-refractivity contribution in [3.05, 3.63) is 66.6 Å². The molecule has 0 aromatic heterocycles. The van der Waals surface area contributed by atoms with Crippen molar-refractivity contribution in [3.63, 3.8) is 0 Å². The number of piperidine rings is 1. The molecule has 2 aromatic rings. The van der Waals surface area contributed by atoms with Gasteiger partial charge in [-0.05, 0) is 62.2 Å². The van der Waals surface area contributed by atoms with E-state index in [1.165, 1.54) is 0 Å². The maximum atomic E-state index is 13.9. The first kappa shape index (κ1) is 27.4. The molecule has 2 aliphatic rings. The molecule has 2 aromatic carbocycles. The number of primary amides is 1. The second kappa shape index (κ2) is 12.3. The minimum Gasteiger partial charge on any atom is -0.411 e. The lowest BCUT2D eigenvalue weighted by molar-refractivity contribution is -0.137. The highest BCUT2D eigenvalue weighted by Gasteiger charge is 2.53. The molecule has 0 unspecified atom stereocenters. The minimum atomic E-state index is -0.860. The molecular weight excluding hydrogens is 482 g/mol. The largest absolute Gasteiger partial charge is 0.411 e. The van der Waals surface area contributed by atoms with Gasteiger partial charge >= 0.3 is 6.09 Å². The predicted octanol–water partition coefficient (Wildman–Crippen LogP) is 2.90. The van der Waals surface area contributed by atoms with Crippen LogP contribution in [0.4, 0.5) is 10.5 Å². The molecule has 2 saturated heterocycles. The summed E-state index contributed by atoms with van der Waals surface area (Å²) in [6, 6.07) is 17.0. The number of rotatable bonds is 10. The second-order valence-electron chi connectivity index (χ2n) is 9.83. The van der Waals surface area contributed by atoms with E-state index in [0.29, 0.717) is 51.3 Å². The van der Waals surface area contributed by atoms with Gasteiger partial charge in [-0.1, -0.05) is 44.2 Å². The number of amides is 3. The van der Waals surface area contributed by atoms with E-state index in [4.69, 9.17) is 10.5 Å². The standard InChI is InChI=1S/C29H38N5O4/c1-3-31(4-2)20-21-33-22-34(24-8-6-5-7-9-24)29(27(33)36)16-18-32(19-17-29)26(35)15-12-23-10-13-25(14-11-23)38-28(30)37/h5-11,13-15H,3-4,12,16-22H2,1-2H3,(H2,30,37). The molecule has 0 aliphatic carbocycles. The molecule has 0 atom stereocenters. The topological polar surface area (TPSA) is 99.4 Å². The Kier molecular flexibility index (Phi) is 8.89. The van der Waals surface area contributed by atoms with Gasteiger partial charge in [-0.15, -0.1) is 0 Å². The summed E-state index contributed by atoms with van der Waals surface area (Å²) in [5.41, 5.74) is 6.38. The SMILES string of the molecule is CCN(CC)CCN1CN(c2ccccc2)C2(CCN(C(=O)[CH]Cc3ccc(OC(N)=O)cc3)CC2)C1=O. The third kappa shape index (κ3) is 6.10. The highest BCUT2D eigenvalue weighted by molar-refractivity contribution is 5.94. The van der Waals surface area contributed by atoms with E-state index in [0.717, 1.165) is 30.9 Å². The van der Waals surface area contributed by atoms with Gasteiger partial charge in [0.25, 0.3) is 0 Å². The lowest BCUT2D eigenvalue weighted by Gasteiger charge is -2.43. The summed E-state index contributed by atoms with van der Waals surface area (Å²) in [4.78, 5) is 46.1. The average Bonchev–Trinajstić information content (AvgIpc) is 3.20. The Morgan fingerprint density at radius 3 is 2.29 bits per heavy atom. The molecule has 38 heavy (non-hydrogen) atoms. The summed E-state index contributed by atoms with van der Waals surface area (Å²) in [7, 11) is 0. The normalized spacial score (nSPS) is 16.9. The zero-order valence-corrected chi connectivity index (χ0v) is 22.3. The van der Waals surface area contributed by atoms with Crippen molar-refractivity contribution in [1.82, 2.24) is 14.7 Å². The molecular formula is C29H38N5O4. The minimum absolute atomic E-state index is 0.0348. The van der Waals surface area contributed by atoms with E-state index in [1.54, 1.807) is 30.7 Å². The fraction of sp³-hybridized carbons (Fsp3) is 0.448. The third-order valence-corrected chi connectivity index (χ3v) is 7.72. The van der Waals surface area contributed by atoms with Crippen LogP contribution in [0.1, 0.15) is 32.3 Å². The summed E-state index contributed by atoms with van der Waals surface area (Å²) in [6.07, 6.45) is 2.47. The molecule has 203 valence electrons. The monoisotopic (exact) mass is 520 g/mol. The van der Waals surface area contributed by atoms with Crippen molar-refractivity contribution in [3.8, 4) is 5.75 Å². The van der Waals surface area contributed by atoms with Gasteiger partial charge in [0.05, 0.1) is 13.1 Å². The maximum Gasteiger partial charge on any atom is 0.409 e. The van der Waals surface area contributed by atoms with Crippen LogP contribution in [-0.4, -0.2) is 84.1 Å². The van der Waals surface area contributed by atoms with Gasteiger partial charge < -0.3 is 30.1 Å². The molecule has 2 fully saturated rings. The van der Waals surface area contributed by atoms with E-state index in [2.05, 4.69) is 35.8 Å². The first-order valence-corrected chi connectivity index (χ1v) is 13.4. The summed E-state index contributed by atoms with van der Waals surface area (Å²) >= 11 is 0. The van der Waals surface area contributed by atoms with Gasteiger partial charge in [0, 0.05) is 31.9 Å². The van der Waals surface area contributed by atoms with Gasteiger partial charge in [-0.3, -0.25) is 9.59 Å². The molecule has 9 heteroatoms. The molecule has 1 spiro atoms. The number of hydrogen-bond donors (Lipinski definition) is 1. The smallest absolute Gasteiger partial charge is 0.409 e. The summed E-state index contributed by atoms with van der Waals surface area (Å²) in [5.74, 6) is 0.500. The lowest BCUT2D eigenvalue weighted by Crippen LogP contribution is -2.57. The van der Waals surface area contributed by atoms with E-state index >= 15 is 0 Å². The van der Waals surface area contributed by atoms with Crippen LogP contribution in [0.3, 0.4) is 0 Å². The van der Waals surface area contributed by atoms with Crippen molar-refractivity contribution in [2.45, 2.75) is 38.6 Å². The number of likely N-dealkylation sites (tertiary alicyclic amines) is 1. The van der Waals surface area contributed by atoms with E-state index < -0.39 is 11.6 Å². The number of carbonyl (C=O) groups excluding carboxylic acids is 3. The fourth-order valence-corrected chi connectivity index (χ4v) is 5.42. The number of nitrogens with zero attached hydrogens (tertiary/aromatic N) is 4. The summed E-state index contributed by atoms with van der Waals surface area (Å²) < 4.78 is 4.85. The van der Waals surface area contributed by atoms with Gasteiger partial charge in [0.15, 0.2) is 0 Å². The summed E-state index contributed by atoms with van der Waals surface area (Å²) in [5, 5.41) is 0. The molecule has 1 radical (unpaired) electrons. The number of hydrogen-bond acceptors (Lipinski definition) is 6. The van der Waals surface area contributed by atoms with Crippen molar-refractivity contribution in [2.24, 2.45) is 5.73 Å². The van der Waals surface area contributed by atoms with Crippen LogP contribution in [0.15, 0.2) is 54.6 Å². The molecule has 0 bridgehead atoms. The van der Waals surface area contributed by atoms with Gasteiger partial charge in [0.2, 0.25) is 11.8 Å². The molecule has 2 heterocycles. The quantitative estimate of drug-likeness (QED) is 0.517. The summed E-state index contributed by atoms with van der Waals surface area (Å²) in [6.45, 7) is 9.39. The second-order valence-corrected chi connectivity index (χ2v) is 9.83. The highest BCUT2D eigenvalue weighted by Crippen LogP contribution is 2.39.